The molecule has 0 bridgehead atoms. The summed E-state index contributed by atoms with van der Waals surface area (Å²) < 4.78 is 13.9. The molecule has 0 unspecified atom stereocenters. The Morgan fingerprint density at radius 1 is 1.33 bits per heavy atom. The number of alkyl halides is 1. The summed E-state index contributed by atoms with van der Waals surface area (Å²) >= 11 is 0. The van der Waals surface area contributed by atoms with Crippen molar-refractivity contribution in [1.82, 2.24) is 9.80 Å². The van der Waals surface area contributed by atoms with E-state index in [2.05, 4.69) is 6.92 Å². The maximum atomic E-state index is 13.9. The van der Waals surface area contributed by atoms with Crippen LogP contribution in [0.3, 0.4) is 0 Å². The van der Waals surface area contributed by atoms with E-state index in [1.165, 1.54) is 18.7 Å². The number of aliphatic imine (C=N–C) groups is 1. The Balaban J connectivity index is 2.15. The van der Waals surface area contributed by atoms with E-state index in [1.807, 2.05) is 18.7 Å². The van der Waals surface area contributed by atoms with Gasteiger partial charge in [0.2, 0.25) is 0 Å². The second-order valence-electron chi connectivity index (χ2n) is 7.70. The summed E-state index contributed by atoms with van der Waals surface area (Å²) in [5.41, 5.74) is -2.62. The van der Waals surface area contributed by atoms with Crippen LogP contribution in [0.1, 0.15) is 66.7 Å². The van der Waals surface area contributed by atoms with E-state index in [1.54, 1.807) is 0 Å². The Kier molecular flexibility index (Phi) is 5.35. The zero-order valence-corrected chi connectivity index (χ0v) is 15.6. The first-order valence-corrected chi connectivity index (χ1v) is 9.03. The van der Waals surface area contributed by atoms with Crippen LogP contribution in [-0.4, -0.2) is 57.8 Å². The molecule has 2 heterocycles. The minimum Gasteiger partial charge on any atom is -0.340 e. The fraction of sp³-hybridized carbons (Fsp3) is 0.833. The van der Waals surface area contributed by atoms with Crippen LogP contribution >= 0.6 is 0 Å². The largest absolute Gasteiger partial charge is 0.340 e. The number of amidine groups is 1. The fourth-order valence-corrected chi connectivity index (χ4v) is 3.52. The molecule has 0 atom stereocenters. The van der Waals surface area contributed by atoms with Crippen molar-refractivity contribution < 1.29 is 14.0 Å². The quantitative estimate of drug-likeness (QED) is 0.773. The van der Waals surface area contributed by atoms with Gasteiger partial charge in [-0.05, 0) is 47.0 Å². The van der Waals surface area contributed by atoms with Gasteiger partial charge < -0.3 is 4.90 Å². The van der Waals surface area contributed by atoms with E-state index >= 15 is 0 Å². The van der Waals surface area contributed by atoms with E-state index in [-0.39, 0.29) is 11.9 Å². The van der Waals surface area contributed by atoms with Gasteiger partial charge in [0.25, 0.3) is 11.8 Å². The van der Waals surface area contributed by atoms with Gasteiger partial charge in [0.1, 0.15) is 11.4 Å². The summed E-state index contributed by atoms with van der Waals surface area (Å²) in [6.07, 6.45) is 3.83. The Morgan fingerprint density at radius 2 is 1.92 bits per heavy atom. The number of carbonyl (C=O) groups is 2. The van der Waals surface area contributed by atoms with Crippen LogP contribution in [0.2, 0.25) is 0 Å². The van der Waals surface area contributed by atoms with Crippen LogP contribution in [0.15, 0.2) is 4.99 Å². The maximum Gasteiger partial charge on any atom is 0.259 e. The minimum absolute atomic E-state index is 0.0511. The molecule has 2 aliphatic rings. The molecule has 2 amide bonds. The highest BCUT2D eigenvalue weighted by Gasteiger charge is 2.51. The number of nitrogens with zero attached hydrogens (tertiary/aromatic N) is 3. The van der Waals surface area contributed by atoms with Gasteiger partial charge in [0, 0.05) is 25.6 Å². The summed E-state index contributed by atoms with van der Waals surface area (Å²) in [4.78, 5) is 33.3. The van der Waals surface area contributed by atoms with Crippen LogP contribution in [-0.2, 0) is 9.59 Å². The van der Waals surface area contributed by atoms with Crippen molar-refractivity contribution in [3.8, 4) is 0 Å². The lowest BCUT2D eigenvalue weighted by Gasteiger charge is -2.38. The average molecular weight is 339 g/mol. The number of likely N-dealkylation sites (tertiary alicyclic amines) is 1. The monoisotopic (exact) mass is 339 g/mol. The van der Waals surface area contributed by atoms with Gasteiger partial charge in [-0.1, -0.05) is 13.3 Å². The number of carbonyl (C=O) groups excluding carboxylic acids is 2. The van der Waals surface area contributed by atoms with Crippen molar-refractivity contribution in [3.05, 3.63) is 0 Å². The summed E-state index contributed by atoms with van der Waals surface area (Å²) in [5.74, 6) is 0.427. The first-order chi connectivity index (χ1) is 11.1. The van der Waals surface area contributed by atoms with Crippen LogP contribution in [0.5, 0.6) is 0 Å². The number of rotatable bonds is 5. The second kappa shape index (κ2) is 6.81. The van der Waals surface area contributed by atoms with Crippen LogP contribution in [0, 0.1) is 0 Å². The van der Waals surface area contributed by atoms with Crippen LogP contribution in [0.25, 0.3) is 0 Å². The van der Waals surface area contributed by atoms with Gasteiger partial charge in [0.05, 0.1) is 0 Å². The molecule has 1 spiro atoms. The summed E-state index contributed by atoms with van der Waals surface area (Å²) in [6, 6.07) is 0.0805. The highest BCUT2D eigenvalue weighted by atomic mass is 19.1. The first kappa shape index (κ1) is 18.9. The molecule has 1 fully saturated rings. The Morgan fingerprint density at radius 3 is 2.38 bits per heavy atom. The Bertz CT molecular complexity index is 529. The number of halogens is 1. The smallest absolute Gasteiger partial charge is 0.259 e. The summed E-state index contributed by atoms with van der Waals surface area (Å²) in [6.45, 7) is 9.45. The topological polar surface area (TPSA) is 53.0 Å². The Labute approximate surface area is 144 Å². The molecule has 0 aromatic carbocycles. The predicted molar refractivity (Wildman–Crippen MR) is 92.7 cm³/mol. The van der Waals surface area contributed by atoms with E-state index < -0.39 is 17.1 Å². The summed E-state index contributed by atoms with van der Waals surface area (Å²) in [5, 5.41) is 0. The molecule has 24 heavy (non-hydrogen) atoms. The Hall–Kier alpha value is -1.46. The van der Waals surface area contributed by atoms with Gasteiger partial charge in [-0.25, -0.2) is 4.39 Å². The molecule has 0 N–H and O–H groups in total. The highest BCUT2D eigenvalue weighted by Crippen LogP contribution is 2.36. The van der Waals surface area contributed by atoms with Crippen molar-refractivity contribution in [2.45, 2.75) is 84.0 Å². The second-order valence-corrected chi connectivity index (χ2v) is 7.70. The molecule has 2 aliphatic heterocycles. The van der Waals surface area contributed by atoms with Gasteiger partial charge >= 0.3 is 0 Å². The van der Waals surface area contributed by atoms with Gasteiger partial charge in [-0.3, -0.25) is 19.5 Å². The van der Waals surface area contributed by atoms with E-state index in [4.69, 9.17) is 4.99 Å². The van der Waals surface area contributed by atoms with E-state index in [9.17, 15) is 14.0 Å². The molecule has 0 radical (unpaired) electrons. The average Bonchev–Trinajstić information content (AvgIpc) is 2.77. The molecule has 6 heteroatoms. The van der Waals surface area contributed by atoms with Crippen molar-refractivity contribution in [3.63, 3.8) is 0 Å². The predicted octanol–water partition coefficient (Wildman–Crippen LogP) is 2.94. The molecular formula is C18H30FN3O2. The summed E-state index contributed by atoms with van der Waals surface area (Å²) in [7, 11) is 0. The zero-order valence-electron chi connectivity index (χ0n) is 15.6. The molecule has 0 aromatic rings. The van der Waals surface area contributed by atoms with Crippen LogP contribution in [0.4, 0.5) is 4.39 Å². The first-order valence-electron chi connectivity index (χ1n) is 9.03. The van der Waals surface area contributed by atoms with Gasteiger partial charge in [-0.2, -0.15) is 0 Å². The standard InChI is InChI=1S/C18H30FN3O2/c1-6-7-8-14-20-18(16(24)22(14)13(2)3)9-11-21(12-10-18)15(23)17(4,5)19/h13H,6-12H2,1-5H3. The van der Waals surface area contributed by atoms with Crippen molar-refractivity contribution in [2.24, 2.45) is 4.99 Å². The molecule has 2 rings (SSSR count). The molecule has 5 nitrogen and oxygen atoms in total. The number of amides is 2. The molecular weight excluding hydrogens is 309 g/mol. The zero-order chi connectivity index (χ0) is 18.1. The highest BCUT2D eigenvalue weighted by molar-refractivity contribution is 6.08. The van der Waals surface area contributed by atoms with E-state index in [0.717, 1.165) is 25.1 Å². The number of piperidine rings is 1. The molecule has 1 saturated heterocycles. The van der Waals surface area contributed by atoms with Gasteiger partial charge in [-0.15, -0.1) is 0 Å². The lowest BCUT2D eigenvalue weighted by Crippen LogP contribution is -2.54. The third-order valence-corrected chi connectivity index (χ3v) is 4.89. The SMILES string of the molecule is CCCCC1=NC2(CCN(C(=O)C(C)(C)F)CC2)C(=O)N1C(C)C. The normalized spacial score (nSPS) is 21.0. The number of hydrogen-bond acceptors (Lipinski definition) is 3. The molecule has 0 saturated carbocycles. The van der Waals surface area contributed by atoms with Crippen molar-refractivity contribution in [1.29, 1.82) is 0 Å². The molecule has 136 valence electrons. The number of unbranched alkanes of at least 4 members (excludes halogenated alkanes) is 1. The van der Waals surface area contributed by atoms with Crippen molar-refractivity contribution in [2.75, 3.05) is 13.1 Å². The number of hydrogen-bond donors (Lipinski definition) is 0. The van der Waals surface area contributed by atoms with Crippen molar-refractivity contribution >= 4 is 17.6 Å². The third kappa shape index (κ3) is 3.47. The molecule has 0 aromatic heterocycles. The maximum absolute atomic E-state index is 13.9. The lowest BCUT2D eigenvalue weighted by molar-refractivity contribution is -0.146. The van der Waals surface area contributed by atoms with E-state index in [0.29, 0.717) is 25.9 Å². The molecule has 0 aliphatic carbocycles. The van der Waals surface area contributed by atoms with Crippen LogP contribution < -0.4 is 0 Å². The lowest BCUT2D eigenvalue weighted by atomic mass is 9.87. The fourth-order valence-electron chi connectivity index (χ4n) is 3.52. The van der Waals surface area contributed by atoms with Gasteiger partial charge in [0.15, 0.2) is 5.67 Å². The minimum atomic E-state index is -1.87. The third-order valence-electron chi connectivity index (χ3n) is 4.89.